The molecule has 0 N–H and O–H groups in total. The van der Waals surface area contributed by atoms with Gasteiger partial charge in [-0.05, 0) is 44.0 Å². The molecular formula is C23H22FN3O4. The minimum atomic E-state index is -0.709. The second-order valence-corrected chi connectivity index (χ2v) is 7.90. The summed E-state index contributed by atoms with van der Waals surface area (Å²) >= 11 is 0. The molecule has 31 heavy (non-hydrogen) atoms. The zero-order chi connectivity index (χ0) is 21.4. The third kappa shape index (κ3) is 3.85. The lowest BCUT2D eigenvalue weighted by Crippen LogP contribution is -2.52. The molecule has 0 aliphatic carbocycles. The molecule has 7 nitrogen and oxygen atoms in total. The van der Waals surface area contributed by atoms with E-state index in [9.17, 15) is 9.18 Å². The van der Waals surface area contributed by atoms with Crippen LogP contribution in [0.1, 0.15) is 31.6 Å². The number of fused-ring (bicyclic) bond motifs is 1. The van der Waals surface area contributed by atoms with Gasteiger partial charge >= 0.3 is 0 Å². The summed E-state index contributed by atoms with van der Waals surface area (Å²) in [6.45, 7) is 2.93. The molecule has 3 atom stereocenters. The van der Waals surface area contributed by atoms with E-state index in [1.54, 1.807) is 23.1 Å². The largest absolute Gasteiger partial charge is 0.482 e. The molecule has 8 heteroatoms. The number of hydrogen-bond donors (Lipinski definition) is 0. The van der Waals surface area contributed by atoms with Gasteiger partial charge in [-0.15, -0.1) is 0 Å². The number of hydrogen-bond acceptors (Lipinski definition) is 6. The van der Waals surface area contributed by atoms with E-state index in [2.05, 4.69) is 10.1 Å². The van der Waals surface area contributed by atoms with Crippen molar-refractivity contribution in [2.75, 3.05) is 13.1 Å². The highest BCUT2D eigenvalue weighted by Crippen LogP contribution is 2.35. The lowest BCUT2D eigenvalue weighted by atomic mass is 9.97. The molecule has 1 amide bonds. The number of carbonyl (C=O) groups excluding carboxylic acids is 1. The molecule has 3 unspecified atom stereocenters. The molecule has 1 saturated heterocycles. The molecule has 2 aliphatic rings. The van der Waals surface area contributed by atoms with E-state index in [0.717, 1.165) is 12.8 Å². The van der Waals surface area contributed by atoms with E-state index in [1.807, 2.05) is 25.1 Å². The second-order valence-electron chi connectivity index (χ2n) is 7.90. The highest BCUT2D eigenvalue weighted by molar-refractivity contribution is 5.82. The van der Waals surface area contributed by atoms with Crippen molar-refractivity contribution < 1.29 is 23.2 Å². The molecular weight excluding hydrogens is 401 g/mol. The first-order valence-corrected chi connectivity index (χ1v) is 10.4. The number of rotatable bonds is 3. The Kier molecular flexibility index (Phi) is 5.05. The Morgan fingerprint density at radius 3 is 2.74 bits per heavy atom. The number of likely N-dealkylation sites (tertiary alicyclic amines) is 1. The van der Waals surface area contributed by atoms with Crippen molar-refractivity contribution in [2.24, 2.45) is 0 Å². The number of para-hydroxylation sites is 2. The highest BCUT2D eigenvalue weighted by Gasteiger charge is 2.39. The van der Waals surface area contributed by atoms with Gasteiger partial charge in [-0.3, -0.25) is 4.79 Å². The summed E-state index contributed by atoms with van der Waals surface area (Å²) in [5.74, 6) is 1.46. The molecule has 0 saturated carbocycles. The molecule has 160 valence electrons. The van der Waals surface area contributed by atoms with Gasteiger partial charge in [-0.1, -0.05) is 29.4 Å². The van der Waals surface area contributed by atoms with Crippen LogP contribution in [0.4, 0.5) is 4.39 Å². The summed E-state index contributed by atoms with van der Waals surface area (Å²) in [6, 6.07) is 13.4. The summed E-state index contributed by atoms with van der Waals surface area (Å²) in [4.78, 5) is 19.5. The van der Waals surface area contributed by atoms with E-state index in [1.165, 1.54) is 12.1 Å². The van der Waals surface area contributed by atoms with Crippen molar-refractivity contribution in [3.05, 3.63) is 60.2 Å². The van der Waals surface area contributed by atoms with Crippen LogP contribution in [0.3, 0.4) is 0 Å². The summed E-state index contributed by atoms with van der Waals surface area (Å²) in [7, 11) is 0. The van der Waals surface area contributed by atoms with Crippen LogP contribution in [0, 0.1) is 5.82 Å². The lowest BCUT2D eigenvalue weighted by Gasteiger charge is -2.37. The van der Waals surface area contributed by atoms with Gasteiger partial charge in [0.05, 0.1) is 5.92 Å². The first-order chi connectivity index (χ1) is 15.1. The predicted octanol–water partition coefficient (Wildman–Crippen LogP) is 3.81. The van der Waals surface area contributed by atoms with Crippen molar-refractivity contribution in [1.29, 1.82) is 0 Å². The Morgan fingerprint density at radius 1 is 1.13 bits per heavy atom. The Labute approximate surface area is 178 Å². The van der Waals surface area contributed by atoms with Crippen LogP contribution in [-0.4, -0.2) is 46.2 Å². The van der Waals surface area contributed by atoms with Gasteiger partial charge in [-0.2, -0.15) is 4.98 Å². The average Bonchev–Trinajstić information content (AvgIpc) is 3.29. The number of ether oxygens (including phenoxy) is 2. The van der Waals surface area contributed by atoms with Gasteiger partial charge in [0, 0.05) is 18.7 Å². The van der Waals surface area contributed by atoms with Crippen LogP contribution < -0.4 is 9.47 Å². The number of amides is 1. The fraction of sp³-hybridized carbons (Fsp3) is 0.348. The smallest absolute Gasteiger partial charge is 0.267 e. The van der Waals surface area contributed by atoms with Crippen molar-refractivity contribution >= 4 is 5.91 Å². The van der Waals surface area contributed by atoms with Crippen LogP contribution in [0.5, 0.6) is 11.5 Å². The van der Waals surface area contributed by atoms with Crippen LogP contribution in [-0.2, 0) is 4.79 Å². The molecule has 2 aromatic carbocycles. The number of carbonyl (C=O) groups is 1. The minimum absolute atomic E-state index is 0.0837. The van der Waals surface area contributed by atoms with Crippen LogP contribution in [0.15, 0.2) is 53.1 Å². The van der Waals surface area contributed by atoms with E-state index in [4.69, 9.17) is 14.0 Å². The number of piperidine rings is 1. The SMILES string of the molecule is CC1Oc2ccccc2OC1C(=O)N1CCCC(c2nc(-c3cccc(F)c3)no2)C1. The molecule has 3 heterocycles. The topological polar surface area (TPSA) is 77.7 Å². The third-order valence-corrected chi connectivity index (χ3v) is 5.69. The number of benzene rings is 2. The first kappa shape index (κ1) is 19.5. The van der Waals surface area contributed by atoms with Gasteiger partial charge in [0.2, 0.25) is 17.8 Å². The molecule has 0 spiro atoms. The molecule has 1 aromatic heterocycles. The standard InChI is InChI=1S/C23H22FN3O4/c1-14-20(30-19-10-3-2-9-18(19)29-14)23(28)27-11-5-7-16(13-27)22-25-21(26-31-22)15-6-4-8-17(24)12-15/h2-4,6,8-10,12,14,16,20H,5,7,11,13H2,1H3. The van der Waals surface area contributed by atoms with Crippen molar-refractivity contribution in [2.45, 2.75) is 37.9 Å². The summed E-state index contributed by atoms with van der Waals surface area (Å²) < 4.78 is 30.8. The Morgan fingerprint density at radius 2 is 1.94 bits per heavy atom. The molecule has 2 aliphatic heterocycles. The normalized spacial score (nSPS) is 22.9. The molecule has 0 bridgehead atoms. The number of aromatic nitrogens is 2. The van der Waals surface area contributed by atoms with Crippen LogP contribution >= 0.6 is 0 Å². The monoisotopic (exact) mass is 423 g/mol. The predicted molar refractivity (Wildman–Crippen MR) is 109 cm³/mol. The molecule has 3 aromatic rings. The van der Waals surface area contributed by atoms with Crippen molar-refractivity contribution in [3.8, 4) is 22.9 Å². The number of nitrogens with zero attached hydrogens (tertiary/aromatic N) is 3. The summed E-state index contributed by atoms with van der Waals surface area (Å²) in [5, 5.41) is 4.00. The molecule has 5 rings (SSSR count). The Bertz CT molecular complexity index is 1100. The second kappa shape index (κ2) is 8.02. The average molecular weight is 423 g/mol. The third-order valence-electron chi connectivity index (χ3n) is 5.69. The fourth-order valence-electron chi connectivity index (χ4n) is 4.10. The highest BCUT2D eigenvalue weighted by atomic mass is 19.1. The maximum absolute atomic E-state index is 13.5. The Balaban J connectivity index is 1.30. The lowest BCUT2D eigenvalue weighted by molar-refractivity contribution is -0.145. The van der Waals surface area contributed by atoms with E-state index >= 15 is 0 Å². The molecule has 0 radical (unpaired) electrons. The minimum Gasteiger partial charge on any atom is -0.482 e. The quantitative estimate of drug-likeness (QED) is 0.638. The fourth-order valence-corrected chi connectivity index (χ4v) is 4.10. The van der Waals surface area contributed by atoms with Crippen molar-refractivity contribution in [3.63, 3.8) is 0 Å². The first-order valence-electron chi connectivity index (χ1n) is 10.4. The van der Waals surface area contributed by atoms with Crippen LogP contribution in [0.25, 0.3) is 11.4 Å². The maximum atomic E-state index is 13.5. The molecule has 1 fully saturated rings. The zero-order valence-electron chi connectivity index (χ0n) is 17.0. The van der Waals surface area contributed by atoms with Gasteiger partial charge in [-0.25, -0.2) is 4.39 Å². The zero-order valence-corrected chi connectivity index (χ0v) is 17.0. The van der Waals surface area contributed by atoms with Gasteiger partial charge in [0.25, 0.3) is 5.91 Å². The van der Waals surface area contributed by atoms with Gasteiger partial charge in [0.15, 0.2) is 11.5 Å². The van der Waals surface area contributed by atoms with E-state index in [-0.39, 0.29) is 17.6 Å². The van der Waals surface area contributed by atoms with Crippen molar-refractivity contribution in [1.82, 2.24) is 15.0 Å². The van der Waals surface area contributed by atoms with Crippen LogP contribution in [0.2, 0.25) is 0 Å². The number of halogens is 1. The maximum Gasteiger partial charge on any atom is 0.267 e. The Hall–Kier alpha value is -3.42. The van der Waals surface area contributed by atoms with Gasteiger partial charge in [0.1, 0.15) is 11.9 Å². The van der Waals surface area contributed by atoms with E-state index < -0.39 is 12.2 Å². The summed E-state index contributed by atoms with van der Waals surface area (Å²) in [5.41, 5.74) is 0.555. The van der Waals surface area contributed by atoms with E-state index in [0.29, 0.717) is 41.9 Å². The van der Waals surface area contributed by atoms with Gasteiger partial charge < -0.3 is 18.9 Å². The summed E-state index contributed by atoms with van der Waals surface area (Å²) in [6.07, 6.45) is 0.534.